The van der Waals surface area contributed by atoms with E-state index in [2.05, 4.69) is 20.4 Å². The van der Waals surface area contributed by atoms with Crippen molar-refractivity contribution in [3.8, 4) is 0 Å². The SMILES string of the molecule is C=C[C@H]1OCC[C@@H]1C(C)C. The van der Waals surface area contributed by atoms with Crippen molar-refractivity contribution in [3.63, 3.8) is 0 Å². The van der Waals surface area contributed by atoms with Crippen molar-refractivity contribution in [2.45, 2.75) is 26.4 Å². The van der Waals surface area contributed by atoms with Gasteiger partial charge in [0.25, 0.3) is 0 Å². The monoisotopic (exact) mass is 140 g/mol. The number of hydrogen-bond donors (Lipinski definition) is 0. The van der Waals surface area contributed by atoms with E-state index in [-0.39, 0.29) is 0 Å². The Morgan fingerprint density at radius 2 is 2.30 bits per heavy atom. The van der Waals surface area contributed by atoms with Crippen LogP contribution in [0.15, 0.2) is 12.7 Å². The molecule has 0 aliphatic carbocycles. The largest absolute Gasteiger partial charge is 0.374 e. The molecule has 0 bridgehead atoms. The lowest BCUT2D eigenvalue weighted by molar-refractivity contribution is 0.117. The fourth-order valence-corrected chi connectivity index (χ4v) is 1.58. The molecule has 0 N–H and O–H groups in total. The average Bonchev–Trinajstić information content (AvgIpc) is 2.33. The molecule has 1 aliphatic rings. The molecule has 0 saturated carbocycles. The first-order valence-corrected chi connectivity index (χ1v) is 4.00. The highest BCUT2D eigenvalue weighted by atomic mass is 16.5. The summed E-state index contributed by atoms with van der Waals surface area (Å²) < 4.78 is 5.46. The minimum atomic E-state index is 0.319. The van der Waals surface area contributed by atoms with Crippen molar-refractivity contribution in [2.24, 2.45) is 11.8 Å². The molecule has 1 fully saturated rings. The van der Waals surface area contributed by atoms with Gasteiger partial charge in [-0.1, -0.05) is 19.9 Å². The van der Waals surface area contributed by atoms with Crippen LogP contribution in [0, 0.1) is 11.8 Å². The van der Waals surface area contributed by atoms with Crippen LogP contribution in [0.4, 0.5) is 0 Å². The number of rotatable bonds is 2. The predicted molar refractivity (Wildman–Crippen MR) is 42.9 cm³/mol. The normalized spacial score (nSPS) is 33.1. The molecule has 1 saturated heterocycles. The third kappa shape index (κ3) is 1.40. The van der Waals surface area contributed by atoms with E-state index in [9.17, 15) is 0 Å². The maximum Gasteiger partial charge on any atom is 0.0784 e. The Kier molecular flexibility index (Phi) is 2.50. The van der Waals surface area contributed by atoms with Crippen LogP contribution in [0.25, 0.3) is 0 Å². The Labute approximate surface area is 63.1 Å². The van der Waals surface area contributed by atoms with Crippen molar-refractivity contribution in [2.75, 3.05) is 6.61 Å². The van der Waals surface area contributed by atoms with E-state index in [1.807, 2.05) is 6.08 Å². The Balaban J connectivity index is 2.49. The van der Waals surface area contributed by atoms with Crippen LogP contribution >= 0.6 is 0 Å². The number of ether oxygens (including phenoxy) is 1. The van der Waals surface area contributed by atoms with Crippen LogP contribution in [-0.2, 0) is 4.74 Å². The van der Waals surface area contributed by atoms with Gasteiger partial charge in [0.1, 0.15) is 0 Å². The fourth-order valence-electron chi connectivity index (χ4n) is 1.58. The van der Waals surface area contributed by atoms with Crippen LogP contribution in [-0.4, -0.2) is 12.7 Å². The molecule has 1 heteroatoms. The van der Waals surface area contributed by atoms with Crippen LogP contribution in [0.1, 0.15) is 20.3 Å². The van der Waals surface area contributed by atoms with E-state index >= 15 is 0 Å². The summed E-state index contributed by atoms with van der Waals surface area (Å²) in [5, 5.41) is 0. The minimum absolute atomic E-state index is 0.319. The first kappa shape index (κ1) is 7.80. The van der Waals surface area contributed by atoms with E-state index in [1.165, 1.54) is 6.42 Å². The zero-order chi connectivity index (χ0) is 7.56. The van der Waals surface area contributed by atoms with E-state index in [1.54, 1.807) is 0 Å². The van der Waals surface area contributed by atoms with Crippen molar-refractivity contribution in [3.05, 3.63) is 12.7 Å². The molecule has 1 heterocycles. The van der Waals surface area contributed by atoms with Crippen molar-refractivity contribution >= 4 is 0 Å². The molecular formula is C9H16O. The second-order valence-corrected chi connectivity index (χ2v) is 3.27. The lowest BCUT2D eigenvalue weighted by Crippen LogP contribution is -2.17. The minimum Gasteiger partial charge on any atom is -0.374 e. The van der Waals surface area contributed by atoms with Crippen molar-refractivity contribution in [1.82, 2.24) is 0 Å². The van der Waals surface area contributed by atoms with Gasteiger partial charge in [0.15, 0.2) is 0 Å². The summed E-state index contributed by atoms with van der Waals surface area (Å²) in [7, 11) is 0. The van der Waals surface area contributed by atoms with Crippen LogP contribution in [0.2, 0.25) is 0 Å². The first-order valence-electron chi connectivity index (χ1n) is 4.00. The first-order chi connectivity index (χ1) is 4.75. The maximum atomic E-state index is 5.46. The van der Waals surface area contributed by atoms with Gasteiger partial charge in [-0.05, 0) is 18.3 Å². The molecule has 0 aromatic carbocycles. The van der Waals surface area contributed by atoms with E-state index in [4.69, 9.17) is 4.74 Å². The summed E-state index contributed by atoms with van der Waals surface area (Å²) in [6, 6.07) is 0. The van der Waals surface area contributed by atoms with Gasteiger partial charge in [0.2, 0.25) is 0 Å². The smallest absolute Gasteiger partial charge is 0.0784 e. The third-order valence-electron chi connectivity index (χ3n) is 2.27. The third-order valence-corrected chi connectivity index (χ3v) is 2.27. The van der Waals surface area contributed by atoms with E-state index in [0.717, 1.165) is 12.5 Å². The highest BCUT2D eigenvalue weighted by Crippen LogP contribution is 2.28. The lowest BCUT2D eigenvalue weighted by Gasteiger charge is -2.17. The standard InChI is InChI=1S/C9H16O/c1-4-9-8(7(2)3)5-6-10-9/h4,7-9H,1,5-6H2,2-3H3/t8-,9-/m1/s1. The van der Waals surface area contributed by atoms with Crippen LogP contribution in [0.3, 0.4) is 0 Å². The summed E-state index contributed by atoms with van der Waals surface area (Å²) in [4.78, 5) is 0. The molecule has 10 heavy (non-hydrogen) atoms. The van der Waals surface area contributed by atoms with Gasteiger partial charge >= 0.3 is 0 Å². The van der Waals surface area contributed by atoms with Gasteiger partial charge in [-0.25, -0.2) is 0 Å². The second kappa shape index (κ2) is 3.20. The molecule has 1 nitrogen and oxygen atoms in total. The molecule has 58 valence electrons. The highest BCUT2D eigenvalue weighted by Gasteiger charge is 2.27. The molecule has 2 atom stereocenters. The van der Waals surface area contributed by atoms with Gasteiger partial charge in [0, 0.05) is 6.61 Å². The molecule has 0 spiro atoms. The lowest BCUT2D eigenvalue weighted by atomic mass is 9.90. The fraction of sp³-hybridized carbons (Fsp3) is 0.778. The van der Waals surface area contributed by atoms with Crippen LogP contribution in [0.5, 0.6) is 0 Å². The second-order valence-electron chi connectivity index (χ2n) is 3.27. The Morgan fingerprint density at radius 3 is 2.70 bits per heavy atom. The molecule has 1 aliphatic heterocycles. The Morgan fingerprint density at radius 1 is 1.60 bits per heavy atom. The molecule has 0 aromatic heterocycles. The highest BCUT2D eigenvalue weighted by molar-refractivity contribution is 4.90. The summed E-state index contributed by atoms with van der Waals surface area (Å²) in [6.07, 6.45) is 3.45. The quantitative estimate of drug-likeness (QED) is 0.534. The molecule has 0 amide bonds. The predicted octanol–water partition coefficient (Wildman–Crippen LogP) is 2.23. The van der Waals surface area contributed by atoms with Gasteiger partial charge in [-0.3, -0.25) is 0 Å². The molecule has 0 unspecified atom stereocenters. The van der Waals surface area contributed by atoms with Crippen molar-refractivity contribution < 1.29 is 4.74 Å². The molecule has 0 radical (unpaired) electrons. The van der Waals surface area contributed by atoms with Gasteiger partial charge in [-0.15, -0.1) is 6.58 Å². The zero-order valence-electron chi connectivity index (χ0n) is 6.84. The van der Waals surface area contributed by atoms with Gasteiger partial charge in [0.05, 0.1) is 6.10 Å². The zero-order valence-corrected chi connectivity index (χ0v) is 6.84. The molecule has 1 rings (SSSR count). The summed E-state index contributed by atoms with van der Waals surface area (Å²) in [6.45, 7) is 9.16. The van der Waals surface area contributed by atoms with Gasteiger partial charge in [-0.2, -0.15) is 0 Å². The topological polar surface area (TPSA) is 9.23 Å². The Bertz CT molecular complexity index is 118. The molecule has 0 aromatic rings. The van der Waals surface area contributed by atoms with Crippen molar-refractivity contribution in [1.29, 1.82) is 0 Å². The molecular weight excluding hydrogens is 124 g/mol. The Hall–Kier alpha value is -0.300. The number of hydrogen-bond acceptors (Lipinski definition) is 1. The average molecular weight is 140 g/mol. The van der Waals surface area contributed by atoms with E-state index in [0.29, 0.717) is 12.0 Å². The van der Waals surface area contributed by atoms with Gasteiger partial charge < -0.3 is 4.74 Å². The van der Waals surface area contributed by atoms with E-state index < -0.39 is 0 Å². The maximum absolute atomic E-state index is 5.46. The summed E-state index contributed by atoms with van der Waals surface area (Å²) in [5.74, 6) is 1.43. The van der Waals surface area contributed by atoms with Crippen LogP contribution < -0.4 is 0 Å². The summed E-state index contributed by atoms with van der Waals surface area (Å²) in [5.41, 5.74) is 0. The summed E-state index contributed by atoms with van der Waals surface area (Å²) >= 11 is 0.